The highest BCUT2D eigenvalue weighted by Crippen LogP contribution is 2.48. The number of furan rings is 1. The van der Waals surface area contributed by atoms with Gasteiger partial charge in [-0.25, -0.2) is 0 Å². The van der Waals surface area contributed by atoms with Crippen LogP contribution in [-0.2, 0) is 6.18 Å². The molecule has 0 aliphatic carbocycles. The van der Waals surface area contributed by atoms with E-state index < -0.39 is 11.7 Å². The minimum atomic E-state index is -4.51. The van der Waals surface area contributed by atoms with Crippen LogP contribution in [-0.4, -0.2) is 0 Å². The van der Waals surface area contributed by atoms with E-state index in [-0.39, 0.29) is 10.8 Å². The minimum Gasteiger partial charge on any atom is -0.455 e. The molecule has 0 atom stereocenters. The summed E-state index contributed by atoms with van der Waals surface area (Å²) in [7, 11) is 0. The summed E-state index contributed by atoms with van der Waals surface area (Å²) >= 11 is 0. The van der Waals surface area contributed by atoms with E-state index in [9.17, 15) is 13.2 Å². The summed E-state index contributed by atoms with van der Waals surface area (Å²) in [6.45, 7) is 2.18. The Morgan fingerprint density at radius 1 is 0.457 bits per heavy atom. The Morgan fingerprint density at radius 3 is 1.48 bits per heavy atom. The maximum atomic E-state index is 14.6. The van der Waals surface area contributed by atoms with Gasteiger partial charge in [0.25, 0.3) is 0 Å². The standard InChI is InChI=1S/C42H25F3O/c1-24-26-11-2-4-13-28(26)38(29-14-5-3-12-27(24)29)25-21-22-37-36(23-25)34-19-10-20-35(41(34)46-37)39-30-15-6-8-17-32(30)40(42(43,44)45)33-18-9-7-16-31(33)39/h2-23H,1H3. The molecule has 0 saturated carbocycles. The van der Waals surface area contributed by atoms with Crippen LogP contribution < -0.4 is 0 Å². The van der Waals surface area contributed by atoms with Gasteiger partial charge < -0.3 is 4.42 Å². The average Bonchev–Trinajstić information content (AvgIpc) is 3.45. The molecule has 0 aliphatic heterocycles. The second kappa shape index (κ2) is 9.69. The fraction of sp³-hybridized carbons (Fsp3) is 0.0476. The molecule has 0 bridgehead atoms. The van der Waals surface area contributed by atoms with Crippen LogP contribution in [0.25, 0.3) is 87.3 Å². The number of halogens is 3. The van der Waals surface area contributed by atoms with Crippen LogP contribution in [0.2, 0.25) is 0 Å². The monoisotopic (exact) mass is 602 g/mol. The van der Waals surface area contributed by atoms with Crippen molar-refractivity contribution in [3.8, 4) is 22.3 Å². The Morgan fingerprint density at radius 2 is 0.935 bits per heavy atom. The quantitative estimate of drug-likeness (QED) is 0.179. The van der Waals surface area contributed by atoms with Crippen LogP contribution in [0.1, 0.15) is 11.1 Å². The molecule has 46 heavy (non-hydrogen) atoms. The molecule has 9 rings (SSSR count). The zero-order valence-electron chi connectivity index (χ0n) is 24.7. The third-order valence-corrected chi connectivity index (χ3v) is 9.47. The van der Waals surface area contributed by atoms with Crippen molar-refractivity contribution in [2.45, 2.75) is 13.1 Å². The zero-order chi connectivity index (χ0) is 31.2. The van der Waals surface area contributed by atoms with Gasteiger partial charge in [-0.3, -0.25) is 0 Å². The Kier molecular flexibility index (Phi) is 5.64. The molecule has 0 N–H and O–H groups in total. The highest BCUT2D eigenvalue weighted by molar-refractivity contribution is 6.21. The molecule has 0 spiro atoms. The predicted molar refractivity (Wildman–Crippen MR) is 184 cm³/mol. The fourth-order valence-corrected chi connectivity index (χ4v) is 7.53. The Hall–Kier alpha value is -5.61. The highest BCUT2D eigenvalue weighted by atomic mass is 19.4. The van der Waals surface area contributed by atoms with Gasteiger partial charge in [-0.1, -0.05) is 121 Å². The first-order valence-electron chi connectivity index (χ1n) is 15.3. The first-order valence-corrected chi connectivity index (χ1v) is 15.3. The van der Waals surface area contributed by atoms with E-state index in [0.29, 0.717) is 16.4 Å². The number of hydrogen-bond acceptors (Lipinski definition) is 1. The molecule has 1 aromatic heterocycles. The molecular formula is C42H25F3O. The molecule has 0 fully saturated rings. The first kappa shape index (κ1) is 26.8. The van der Waals surface area contributed by atoms with Crippen LogP contribution in [0.4, 0.5) is 13.2 Å². The largest absolute Gasteiger partial charge is 0.455 e. The summed E-state index contributed by atoms with van der Waals surface area (Å²) in [6, 6.07) is 42.9. The Labute approximate surface area is 262 Å². The van der Waals surface area contributed by atoms with E-state index in [4.69, 9.17) is 4.42 Å². The van der Waals surface area contributed by atoms with Crippen molar-refractivity contribution in [3.05, 3.63) is 145 Å². The minimum absolute atomic E-state index is 0.178. The molecular weight excluding hydrogens is 577 g/mol. The van der Waals surface area contributed by atoms with Gasteiger partial charge in [-0.05, 0) is 78.8 Å². The molecule has 0 amide bonds. The number of alkyl halides is 3. The number of aryl methyl sites for hydroxylation is 1. The molecule has 0 saturated heterocycles. The van der Waals surface area contributed by atoms with Gasteiger partial charge in [-0.2, -0.15) is 13.2 Å². The zero-order valence-corrected chi connectivity index (χ0v) is 24.7. The van der Waals surface area contributed by atoms with E-state index in [1.54, 1.807) is 48.5 Å². The topological polar surface area (TPSA) is 13.1 Å². The van der Waals surface area contributed by atoms with Crippen molar-refractivity contribution in [2.75, 3.05) is 0 Å². The third kappa shape index (κ3) is 3.77. The van der Waals surface area contributed by atoms with Gasteiger partial charge in [0.05, 0.1) is 5.56 Å². The van der Waals surface area contributed by atoms with Gasteiger partial charge in [0.2, 0.25) is 0 Å². The van der Waals surface area contributed by atoms with Crippen molar-refractivity contribution >= 4 is 65.0 Å². The van der Waals surface area contributed by atoms with Gasteiger partial charge in [0.1, 0.15) is 11.2 Å². The van der Waals surface area contributed by atoms with Crippen LogP contribution in [0.3, 0.4) is 0 Å². The normalized spacial score (nSPS) is 12.3. The lowest BCUT2D eigenvalue weighted by Gasteiger charge is -2.18. The maximum absolute atomic E-state index is 14.6. The molecule has 0 aliphatic rings. The van der Waals surface area contributed by atoms with Crippen LogP contribution in [0.5, 0.6) is 0 Å². The van der Waals surface area contributed by atoms with Crippen molar-refractivity contribution in [1.29, 1.82) is 0 Å². The summed E-state index contributed by atoms with van der Waals surface area (Å²) in [5.74, 6) is 0. The van der Waals surface area contributed by atoms with Crippen molar-refractivity contribution in [1.82, 2.24) is 0 Å². The summed E-state index contributed by atoms with van der Waals surface area (Å²) in [5.41, 5.74) is 5.78. The van der Waals surface area contributed by atoms with E-state index in [0.717, 1.165) is 33.0 Å². The average molecular weight is 603 g/mol. The van der Waals surface area contributed by atoms with Crippen molar-refractivity contribution in [2.24, 2.45) is 0 Å². The van der Waals surface area contributed by atoms with E-state index in [1.807, 2.05) is 24.3 Å². The van der Waals surface area contributed by atoms with Crippen LogP contribution in [0.15, 0.2) is 138 Å². The lowest BCUT2D eigenvalue weighted by Crippen LogP contribution is -2.07. The summed E-state index contributed by atoms with van der Waals surface area (Å²) < 4.78 is 50.2. The molecule has 8 aromatic carbocycles. The van der Waals surface area contributed by atoms with E-state index >= 15 is 0 Å². The molecule has 9 aromatic rings. The Bertz CT molecular complexity index is 2580. The summed E-state index contributed by atoms with van der Waals surface area (Å²) in [5, 5.41) is 8.14. The number of rotatable bonds is 2. The molecule has 4 heteroatoms. The van der Waals surface area contributed by atoms with Gasteiger partial charge in [-0.15, -0.1) is 0 Å². The van der Waals surface area contributed by atoms with Gasteiger partial charge in [0.15, 0.2) is 0 Å². The fourth-order valence-electron chi connectivity index (χ4n) is 7.53. The van der Waals surface area contributed by atoms with Crippen LogP contribution in [0, 0.1) is 6.92 Å². The number of fused-ring (bicyclic) bond motifs is 7. The number of benzene rings is 8. The molecule has 0 unspecified atom stereocenters. The second-order valence-electron chi connectivity index (χ2n) is 11.9. The highest BCUT2D eigenvalue weighted by Gasteiger charge is 2.36. The number of hydrogen-bond donors (Lipinski definition) is 0. The molecule has 220 valence electrons. The SMILES string of the molecule is Cc1c2ccccc2c(-c2ccc3oc4c(-c5c6ccccc6c(C(F)(F)F)c6ccccc56)cccc4c3c2)c2ccccc12. The summed E-state index contributed by atoms with van der Waals surface area (Å²) in [4.78, 5) is 0. The number of para-hydroxylation sites is 1. The maximum Gasteiger partial charge on any atom is 0.417 e. The van der Waals surface area contributed by atoms with Crippen LogP contribution >= 0.6 is 0 Å². The second-order valence-corrected chi connectivity index (χ2v) is 11.9. The van der Waals surface area contributed by atoms with E-state index in [1.165, 1.54) is 32.7 Å². The first-order chi connectivity index (χ1) is 22.4. The molecule has 0 radical (unpaired) electrons. The predicted octanol–water partition coefficient (Wildman–Crippen LogP) is 12.9. The molecule has 1 nitrogen and oxygen atoms in total. The van der Waals surface area contributed by atoms with E-state index in [2.05, 4.69) is 67.6 Å². The molecule has 1 heterocycles. The lowest BCUT2D eigenvalue weighted by molar-refractivity contribution is -0.135. The van der Waals surface area contributed by atoms with Gasteiger partial charge in [0, 0.05) is 21.9 Å². The smallest absolute Gasteiger partial charge is 0.417 e. The lowest BCUT2D eigenvalue weighted by atomic mass is 9.87. The third-order valence-electron chi connectivity index (χ3n) is 9.47. The van der Waals surface area contributed by atoms with Crippen molar-refractivity contribution in [3.63, 3.8) is 0 Å². The van der Waals surface area contributed by atoms with Crippen molar-refractivity contribution < 1.29 is 17.6 Å². The summed E-state index contributed by atoms with van der Waals surface area (Å²) in [6.07, 6.45) is -4.51. The Balaban J connectivity index is 1.36. The van der Waals surface area contributed by atoms with Gasteiger partial charge >= 0.3 is 6.18 Å².